The van der Waals surface area contributed by atoms with Crippen molar-refractivity contribution in [1.29, 1.82) is 0 Å². The molecule has 112 valence electrons. The van der Waals surface area contributed by atoms with Crippen molar-refractivity contribution in [2.45, 2.75) is 39.4 Å². The normalized spacial score (nSPS) is 22.1. The summed E-state index contributed by atoms with van der Waals surface area (Å²) in [4.78, 5) is 2.23. The molecule has 1 atom stereocenters. The number of hydrogen-bond acceptors (Lipinski definition) is 3. The zero-order chi connectivity index (χ0) is 14.6. The lowest BCUT2D eigenvalue weighted by Crippen LogP contribution is -2.40. The minimum absolute atomic E-state index is 0.476. The predicted octanol–water partition coefficient (Wildman–Crippen LogP) is 3.37. The van der Waals surface area contributed by atoms with E-state index in [2.05, 4.69) is 74.2 Å². The largest absolute Gasteiger partial charge is 0.309 e. The third kappa shape index (κ3) is 4.80. The van der Waals surface area contributed by atoms with Crippen LogP contribution < -0.4 is 5.32 Å². The van der Waals surface area contributed by atoms with Gasteiger partial charge in [0.2, 0.25) is 0 Å². The van der Waals surface area contributed by atoms with Gasteiger partial charge in [0.25, 0.3) is 0 Å². The highest BCUT2D eigenvalue weighted by molar-refractivity contribution is 7.99. The lowest BCUT2D eigenvalue weighted by atomic mass is 9.87. The van der Waals surface area contributed by atoms with Gasteiger partial charge >= 0.3 is 0 Å². The summed E-state index contributed by atoms with van der Waals surface area (Å²) < 4.78 is 0. The number of rotatable bonds is 5. The van der Waals surface area contributed by atoms with Crippen LogP contribution in [0, 0.1) is 5.41 Å². The molecule has 0 aromatic heterocycles. The number of benzene rings is 1. The summed E-state index contributed by atoms with van der Waals surface area (Å²) in [6.45, 7) is 6.77. The maximum Gasteiger partial charge on any atom is 0.0230 e. The van der Waals surface area contributed by atoms with Crippen LogP contribution in [-0.2, 0) is 13.1 Å². The van der Waals surface area contributed by atoms with Crippen LogP contribution in [0.2, 0.25) is 0 Å². The molecule has 1 aliphatic heterocycles. The smallest absolute Gasteiger partial charge is 0.0230 e. The van der Waals surface area contributed by atoms with Gasteiger partial charge in [-0.1, -0.05) is 38.1 Å². The van der Waals surface area contributed by atoms with Crippen LogP contribution in [-0.4, -0.2) is 36.5 Å². The molecule has 1 aliphatic rings. The highest BCUT2D eigenvalue weighted by Gasteiger charge is 2.28. The Hall–Kier alpha value is -0.510. The molecule has 0 amide bonds. The fourth-order valence-electron chi connectivity index (χ4n) is 2.87. The van der Waals surface area contributed by atoms with Crippen LogP contribution in [0.5, 0.6) is 0 Å². The molecule has 1 aromatic rings. The van der Waals surface area contributed by atoms with Crippen molar-refractivity contribution in [3.05, 3.63) is 35.4 Å². The van der Waals surface area contributed by atoms with Crippen LogP contribution in [0.3, 0.4) is 0 Å². The second-order valence-corrected chi connectivity index (χ2v) is 8.00. The molecule has 0 radical (unpaired) electrons. The Kier molecular flexibility index (Phi) is 5.53. The Morgan fingerprint density at radius 3 is 2.60 bits per heavy atom. The van der Waals surface area contributed by atoms with E-state index in [1.54, 1.807) is 0 Å². The van der Waals surface area contributed by atoms with Gasteiger partial charge in [0, 0.05) is 24.9 Å². The van der Waals surface area contributed by atoms with Crippen molar-refractivity contribution in [3.8, 4) is 0 Å². The topological polar surface area (TPSA) is 15.3 Å². The number of hydrogen-bond donors (Lipinski definition) is 1. The van der Waals surface area contributed by atoms with Gasteiger partial charge in [0.15, 0.2) is 0 Å². The van der Waals surface area contributed by atoms with E-state index in [1.807, 2.05) is 0 Å². The van der Waals surface area contributed by atoms with Gasteiger partial charge in [-0.25, -0.2) is 0 Å². The van der Waals surface area contributed by atoms with Gasteiger partial charge in [-0.05, 0) is 42.8 Å². The second kappa shape index (κ2) is 6.97. The lowest BCUT2D eigenvalue weighted by Gasteiger charge is -2.35. The summed E-state index contributed by atoms with van der Waals surface area (Å²) in [5, 5.41) is 3.77. The second-order valence-electron chi connectivity index (χ2n) is 6.97. The standard InChI is InChI=1S/C17H28N2S/c1-17(2)9-16(12-20-13-17)18-10-14-7-5-6-8-15(14)11-19(3)4/h5-8,16,18H,9-13H2,1-4H3. The van der Waals surface area contributed by atoms with E-state index in [4.69, 9.17) is 0 Å². The Balaban J connectivity index is 1.93. The molecule has 1 fully saturated rings. The Morgan fingerprint density at radius 1 is 1.25 bits per heavy atom. The summed E-state index contributed by atoms with van der Waals surface area (Å²) >= 11 is 2.09. The average molecular weight is 292 g/mol. The van der Waals surface area contributed by atoms with E-state index >= 15 is 0 Å². The molecule has 3 heteroatoms. The average Bonchev–Trinajstić information content (AvgIpc) is 2.36. The molecule has 0 bridgehead atoms. The zero-order valence-electron chi connectivity index (χ0n) is 13.3. The highest BCUT2D eigenvalue weighted by atomic mass is 32.2. The molecule has 2 nitrogen and oxygen atoms in total. The molecule has 0 saturated carbocycles. The van der Waals surface area contributed by atoms with Crippen molar-refractivity contribution >= 4 is 11.8 Å². The first kappa shape index (κ1) is 15.9. The lowest BCUT2D eigenvalue weighted by molar-refractivity contribution is 0.317. The van der Waals surface area contributed by atoms with Crippen molar-refractivity contribution in [1.82, 2.24) is 10.2 Å². The molecule has 20 heavy (non-hydrogen) atoms. The Labute approximate surface area is 128 Å². The minimum atomic E-state index is 0.476. The summed E-state index contributed by atoms with van der Waals surface area (Å²) in [7, 11) is 4.26. The molecular formula is C17H28N2S. The molecular weight excluding hydrogens is 264 g/mol. The van der Waals surface area contributed by atoms with E-state index in [0.717, 1.165) is 13.1 Å². The maximum atomic E-state index is 3.77. The summed E-state index contributed by atoms with van der Waals surface area (Å²) in [5.41, 5.74) is 3.35. The summed E-state index contributed by atoms with van der Waals surface area (Å²) in [6.07, 6.45) is 1.29. The number of nitrogens with one attached hydrogen (secondary N) is 1. The predicted molar refractivity (Wildman–Crippen MR) is 90.2 cm³/mol. The first-order chi connectivity index (χ1) is 9.46. The van der Waals surface area contributed by atoms with Crippen molar-refractivity contribution in [2.75, 3.05) is 25.6 Å². The van der Waals surface area contributed by atoms with Crippen molar-refractivity contribution in [3.63, 3.8) is 0 Å². The van der Waals surface area contributed by atoms with Crippen LogP contribution in [0.25, 0.3) is 0 Å². The molecule has 1 N–H and O–H groups in total. The molecule has 1 saturated heterocycles. The van der Waals surface area contributed by atoms with E-state index in [9.17, 15) is 0 Å². The van der Waals surface area contributed by atoms with Crippen molar-refractivity contribution < 1.29 is 0 Å². The van der Waals surface area contributed by atoms with Crippen LogP contribution in [0.1, 0.15) is 31.4 Å². The van der Waals surface area contributed by atoms with Gasteiger partial charge in [0.05, 0.1) is 0 Å². The Bertz CT molecular complexity index is 429. The monoisotopic (exact) mass is 292 g/mol. The molecule has 1 unspecified atom stereocenters. The number of thioether (sulfide) groups is 1. The molecule has 0 aliphatic carbocycles. The van der Waals surface area contributed by atoms with Gasteiger partial charge < -0.3 is 10.2 Å². The summed E-state index contributed by atoms with van der Waals surface area (Å²) in [5.74, 6) is 2.54. The molecule has 1 heterocycles. The van der Waals surface area contributed by atoms with Gasteiger partial charge in [-0.2, -0.15) is 11.8 Å². The van der Waals surface area contributed by atoms with E-state index < -0.39 is 0 Å². The first-order valence-electron chi connectivity index (χ1n) is 7.49. The van der Waals surface area contributed by atoms with Crippen LogP contribution >= 0.6 is 11.8 Å². The molecule has 0 spiro atoms. The van der Waals surface area contributed by atoms with Crippen molar-refractivity contribution in [2.24, 2.45) is 5.41 Å². The van der Waals surface area contributed by atoms with Crippen LogP contribution in [0.15, 0.2) is 24.3 Å². The fourth-order valence-corrected chi connectivity index (χ4v) is 4.18. The SMILES string of the molecule is CN(C)Cc1ccccc1CNC1CSCC(C)(C)C1. The van der Waals surface area contributed by atoms with Gasteiger partial charge in [-0.15, -0.1) is 0 Å². The third-order valence-corrected chi connectivity index (χ3v) is 5.42. The molecule has 2 rings (SSSR count). The van der Waals surface area contributed by atoms with Crippen LogP contribution in [0.4, 0.5) is 0 Å². The van der Waals surface area contributed by atoms with E-state index in [-0.39, 0.29) is 0 Å². The minimum Gasteiger partial charge on any atom is -0.309 e. The fraction of sp³-hybridized carbons (Fsp3) is 0.647. The van der Waals surface area contributed by atoms with Gasteiger partial charge in [-0.3, -0.25) is 0 Å². The third-order valence-electron chi connectivity index (χ3n) is 3.80. The summed E-state index contributed by atoms with van der Waals surface area (Å²) in [6, 6.07) is 9.44. The number of nitrogens with zero attached hydrogens (tertiary/aromatic N) is 1. The van der Waals surface area contributed by atoms with E-state index in [1.165, 1.54) is 29.1 Å². The molecule has 1 aromatic carbocycles. The maximum absolute atomic E-state index is 3.77. The zero-order valence-corrected chi connectivity index (χ0v) is 14.1. The highest BCUT2D eigenvalue weighted by Crippen LogP contribution is 2.33. The quantitative estimate of drug-likeness (QED) is 0.896. The Morgan fingerprint density at radius 2 is 1.95 bits per heavy atom. The van der Waals surface area contributed by atoms with Gasteiger partial charge in [0.1, 0.15) is 0 Å². The first-order valence-corrected chi connectivity index (χ1v) is 8.64. The van der Waals surface area contributed by atoms with E-state index in [0.29, 0.717) is 11.5 Å².